The fraction of sp³-hybridized carbons (Fsp3) is 0.292. The molecule has 7 heteroatoms. The minimum atomic E-state index is 0.0348. The molecule has 7 nitrogen and oxygen atoms in total. The second-order valence-electron chi connectivity index (χ2n) is 8.14. The summed E-state index contributed by atoms with van der Waals surface area (Å²) in [5.74, 6) is 0.812. The molecule has 5 rings (SSSR count). The Balaban J connectivity index is 1.71. The molecule has 0 spiro atoms. The Bertz CT molecular complexity index is 1260. The molecule has 1 fully saturated rings. The van der Waals surface area contributed by atoms with Crippen LogP contribution in [0, 0.1) is 0 Å². The standard InChI is InChI=1S/C24H25N5O2/c1-27(2)17-11-13-28(14-17)24(30)20-19-6-4-5-12-29(19)23-21(20)22(25-15-26-23)16-7-9-18(31-3)10-8-16/h4-10,12,15,17H,11,13-14H2,1-3H3. The summed E-state index contributed by atoms with van der Waals surface area (Å²) in [5, 5.41) is 0.789. The number of methoxy groups -OCH3 is 1. The number of hydrogen-bond donors (Lipinski definition) is 0. The van der Waals surface area contributed by atoms with Crippen molar-refractivity contribution in [2.45, 2.75) is 12.5 Å². The summed E-state index contributed by atoms with van der Waals surface area (Å²) in [6.45, 7) is 1.47. The summed E-state index contributed by atoms with van der Waals surface area (Å²) >= 11 is 0. The average molecular weight is 415 g/mol. The Labute approximate surface area is 180 Å². The molecule has 1 amide bonds. The summed E-state index contributed by atoms with van der Waals surface area (Å²) < 4.78 is 7.28. The average Bonchev–Trinajstić information content (AvgIpc) is 3.42. The summed E-state index contributed by atoms with van der Waals surface area (Å²) in [5.41, 5.74) is 3.93. The first-order chi connectivity index (χ1) is 15.1. The number of carbonyl (C=O) groups excluding carboxylic acids is 1. The number of nitrogens with zero attached hydrogens (tertiary/aromatic N) is 5. The van der Waals surface area contributed by atoms with E-state index in [0.717, 1.165) is 53.1 Å². The lowest BCUT2D eigenvalue weighted by Crippen LogP contribution is -2.34. The van der Waals surface area contributed by atoms with Crippen molar-refractivity contribution in [3.05, 3.63) is 60.6 Å². The molecule has 158 valence electrons. The molecule has 0 bridgehead atoms. The minimum absolute atomic E-state index is 0.0348. The lowest BCUT2D eigenvalue weighted by atomic mass is 10.0. The van der Waals surface area contributed by atoms with Crippen molar-refractivity contribution in [2.24, 2.45) is 0 Å². The summed E-state index contributed by atoms with van der Waals surface area (Å²) in [7, 11) is 5.78. The molecule has 0 saturated carbocycles. The van der Waals surface area contributed by atoms with E-state index in [1.807, 2.05) is 58.0 Å². The van der Waals surface area contributed by atoms with Crippen LogP contribution in [0.2, 0.25) is 0 Å². The van der Waals surface area contributed by atoms with Crippen LogP contribution in [0.4, 0.5) is 0 Å². The van der Waals surface area contributed by atoms with Gasteiger partial charge in [-0.1, -0.05) is 6.07 Å². The van der Waals surface area contributed by atoms with E-state index in [9.17, 15) is 4.79 Å². The van der Waals surface area contributed by atoms with Crippen LogP contribution in [0.1, 0.15) is 16.8 Å². The molecule has 0 N–H and O–H groups in total. The van der Waals surface area contributed by atoms with Crippen molar-refractivity contribution < 1.29 is 9.53 Å². The lowest BCUT2D eigenvalue weighted by molar-refractivity contribution is 0.0787. The Morgan fingerprint density at radius 1 is 1.13 bits per heavy atom. The number of pyridine rings is 1. The normalized spacial score (nSPS) is 16.5. The van der Waals surface area contributed by atoms with E-state index in [1.165, 1.54) is 0 Å². The van der Waals surface area contributed by atoms with E-state index in [4.69, 9.17) is 4.74 Å². The van der Waals surface area contributed by atoms with Gasteiger partial charge in [-0.2, -0.15) is 0 Å². The monoisotopic (exact) mass is 415 g/mol. The zero-order valence-electron chi connectivity index (χ0n) is 17.9. The quantitative estimate of drug-likeness (QED) is 0.512. The molecule has 4 heterocycles. The predicted octanol–water partition coefficient (Wildman–Crippen LogP) is 3.33. The highest BCUT2D eigenvalue weighted by molar-refractivity contribution is 6.16. The van der Waals surface area contributed by atoms with Crippen LogP contribution in [0.3, 0.4) is 0 Å². The van der Waals surface area contributed by atoms with Crippen molar-refractivity contribution in [1.82, 2.24) is 24.2 Å². The first kappa shape index (κ1) is 19.5. The molecule has 1 aromatic carbocycles. The second-order valence-corrected chi connectivity index (χ2v) is 8.14. The van der Waals surface area contributed by atoms with E-state index in [0.29, 0.717) is 11.6 Å². The van der Waals surface area contributed by atoms with Crippen LogP contribution in [0.5, 0.6) is 5.75 Å². The number of benzene rings is 1. The van der Waals surface area contributed by atoms with Crippen molar-refractivity contribution in [2.75, 3.05) is 34.3 Å². The van der Waals surface area contributed by atoms with Crippen molar-refractivity contribution in [3.63, 3.8) is 0 Å². The SMILES string of the molecule is COc1ccc(-c2ncnc3c2c(C(=O)N2CCC(N(C)C)C2)c2ccccn23)cc1. The van der Waals surface area contributed by atoms with Gasteiger partial charge in [0.05, 0.1) is 29.3 Å². The molecule has 4 aromatic rings. The van der Waals surface area contributed by atoms with Gasteiger partial charge >= 0.3 is 0 Å². The molecular formula is C24H25N5O2. The van der Waals surface area contributed by atoms with Gasteiger partial charge in [-0.3, -0.25) is 4.79 Å². The highest BCUT2D eigenvalue weighted by Gasteiger charge is 2.32. The van der Waals surface area contributed by atoms with Gasteiger partial charge in [-0.25, -0.2) is 9.97 Å². The number of aromatic nitrogens is 3. The van der Waals surface area contributed by atoms with Gasteiger partial charge in [0.25, 0.3) is 5.91 Å². The third kappa shape index (κ3) is 3.21. The number of carbonyl (C=O) groups is 1. The molecule has 0 radical (unpaired) electrons. The zero-order valence-corrected chi connectivity index (χ0v) is 17.9. The number of likely N-dealkylation sites (N-methyl/N-ethyl adjacent to an activating group) is 1. The summed E-state index contributed by atoms with van der Waals surface area (Å²) in [6, 6.07) is 14.0. The first-order valence-corrected chi connectivity index (χ1v) is 10.4. The molecule has 1 saturated heterocycles. The van der Waals surface area contributed by atoms with Crippen molar-refractivity contribution in [1.29, 1.82) is 0 Å². The van der Waals surface area contributed by atoms with E-state index in [-0.39, 0.29) is 5.91 Å². The largest absolute Gasteiger partial charge is 0.497 e. The molecule has 3 aromatic heterocycles. The van der Waals surface area contributed by atoms with Gasteiger partial charge < -0.3 is 18.9 Å². The van der Waals surface area contributed by atoms with Gasteiger partial charge in [0.15, 0.2) is 0 Å². The number of hydrogen-bond acceptors (Lipinski definition) is 5. The van der Waals surface area contributed by atoms with Gasteiger partial charge in [0, 0.05) is 30.9 Å². The maximum absolute atomic E-state index is 13.8. The van der Waals surface area contributed by atoms with E-state index >= 15 is 0 Å². The van der Waals surface area contributed by atoms with Crippen LogP contribution in [0.15, 0.2) is 55.0 Å². The molecule has 1 unspecified atom stereocenters. The Morgan fingerprint density at radius 2 is 1.94 bits per heavy atom. The number of likely N-dealkylation sites (tertiary alicyclic amines) is 1. The van der Waals surface area contributed by atoms with Crippen molar-refractivity contribution in [3.8, 4) is 17.0 Å². The van der Waals surface area contributed by atoms with Gasteiger partial charge in [-0.15, -0.1) is 0 Å². The Kier molecular flexibility index (Phi) is 4.82. The van der Waals surface area contributed by atoms with Gasteiger partial charge in [-0.05, 0) is 56.9 Å². The smallest absolute Gasteiger partial charge is 0.256 e. The van der Waals surface area contributed by atoms with Crippen LogP contribution in [0.25, 0.3) is 27.8 Å². The number of rotatable bonds is 4. The van der Waals surface area contributed by atoms with E-state index in [2.05, 4.69) is 29.0 Å². The number of fused-ring (bicyclic) bond motifs is 3. The third-order valence-corrected chi connectivity index (χ3v) is 6.18. The third-order valence-electron chi connectivity index (χ3n) is 6.18. The van der Waals surface area contributed by atoms with E-state index < -0.39 is 0 Å². The Hall–Kier alpha value is -3.45. The molecule has 1 aliphatic rings. The highest BCUT2D eigenvalue weighted by atomic mass is 16.5. The summed E-state index contributed by atoms with van der Waals surface area (Å²) in [6.07, 6.45) is 4.49. The fourth-order valence-corrected chi connectivity index (χ4v) is 4.44. The second kappa shape index (κ2) is 7.67. The van der Waals surface area contributed by atoms with Crippen LogP contribution in [-0.4, -0.2) is 70.4 Å². The Morgan fingerprint density at radius 3 is 2.65 bits per heavy atom. The molecular weight excluding hydrogens is 390 g/mol. The molecule has 1 atom stereocenters. The van der Waals surface area contributed by atoms with Crippen LogP contribution < -0.4 is 4.74 Å². The molecule has 1 aliphatic heterocycles. The number of amides is 1. The molecule has 31 heavy (non-hydrogen) atoms. The first-order valence-electron chi connectivity index (χ1n) is 10.4. The van der Waals surface area contributed by atoms with Gasteiger partial charge in [0.1, 0.15) is 17.7 Å². The fourth-order valence-electron chi connectivity index (χ4n) is 4.44. The topological polar surface area (TPSA) is 63.0 Å². The number of ether oxygens (including phenoxy) is 1. The van der Waals surface area contributed by atoms with Crippen molar-refractivity contribution >= 4 is 22.5 Å². The van der Waals surface area contributed by atoms with E-state index in [1.54, 1.807) is 13.4 Å². The predicted molar refractivity (Wildman–Crippen MR) is 120 cm³/mol. The molecule has 0 aliphatic carbocycles. The lowest BCUT2D eigenvalue weighted by Gasteiger charge is -2.20. The maximum Gasteiger partial charge on any atom is 0.256 e. The zero-order chi connectivity index (χ0) is 21.5. The highest BCUT2D eigenvalue weighted by Crippen LogP contribution is 2.34. The van der Waals surface area contributed by atoms with Crippen LogP contribution >= 0.6 is 0 Å². The summed E-state index contributed by atoms with van der Waals surface area (Å²) in [4.78, 5) is 27.1. The maximum atomic E-state index is 13.8. The van der Waals surface area contributed by atoms with Crippen LogP contribution in [-0.2, 0) is 0 Å². The minimum Gasteiger partial charge on any atom is -0.497 e. The van der Waals surface area contributed by atoms with Gasteiger partial charge in [0.2, 0.25) is 0 Å².